The summed E-state index contributed by atoms with van der Waals surface area (Å²) in [4.78, 5) is 1.38. The first-order valence-electron chi connectivity index (χ1n) is 3.14. The summed E-state index contributed by atoms with van der Waals surface area (Å²) < 4.78 is 35.6. The predicted octanol–water partition coefficient (Wildman–Crippen LogP) is 1.46. The monoisotopic (exact) mass is 152 g/mol. The molecule has 1 heterocycles. The van der Waals surface area contributed by atoms with Crippen LogP contribution in [0.5, 0.6) is 0 Å². The van der Waals surface area contributed by atoms with Crippen LogP contribution in [-0.4, -0.2) is 30.2 Å². The van der Waals surface area contributed by atoms with Crippen LogP contribution < -0.4 is 0 Å². The van der Waals surface area contributed by atoms with E-state index in [1.54, 1.807) is 0 Å². The summed E-state index contributed by atoms with van der Waals surface area (Å²) in [6, 6.07) is -1.28. The summed E-state index contributed by atoms with van der Waals surface area (Å²) in [6.07, 6.45) is -2.24. The van der Waals surface area contributed by atoms with Gasteiger partial charge in [-0.05, 0) is 13.3 Å². The Balaban J connectivity index is 2.39. The van der Waals surface area contributed by atoms with Gasteiger partial charge in [0.15, 0.2) is 0 Å². The van der Waals surface area contributed by atoms with E-state index in [0.717, 1.165) is 0 Å². The molecule has 1 fully saturated rings. The fraction of sp³-hybridized carbons (Fsp3) is 0.833. The molecule has 1 rings (SSSR count). The Kier molecular flexibility index (Phi) is 1.90. The van der Waals surface area contributed by atoms with Crippen LogP contribution in [-0.2, 0) is 0 Å². The SMILES string of the molecule is CC(N1C[CH]C1)C(F)(F)F. The lowest BCUT2D eigenvalue weighted by atomic mass is 10.1. The van der Waals surface area contributed by atoms with Gasteiger partial charge in [0.05, 0.1) is 0 Å². The van der Waals surface area contributed by atoms with Crippen LogP contribution in [0, 0.1) is 6.42 Å². The van der Waals surface area contributed by atoms with Crippen LogP contribution in [0.3, 0.4) is 0 Å². The van der Waals surface area contributed by atoms with E-state index < -0.39 is 12.2 Å². The van der Waals surface area contributed by atoms with Crippen molar-refractivity contribution in [3.63, 3.8) is 0 Å². The van der Waals surface area contributed by atoms with Crippen molar-refractivity contribution in [1.82, 2.24) is 4.90 Å². The van der Waals surface area contributed by atoms with E-state index in [4.69, 9.17) is 0 Å². The highest BCUT2D eigenvalue weighted by atomic mass is 19.4. The molecule has 0 aromatic rings. The molecule has 1 nitrogen and oxygen atoms in total. The zero-order valence-electron chi connectivity index (χ0n) is 5.65. The minimum Gasteiger partial charge on any atom is -0.292 e. The highest BCUT2D eigenvalue weighted by Gasteiger charge is 2.41. The van der Waals surface area contributed by atoms with Gasteiger partial charge in [0.1, 0.15) is 6.04 Å². The van der Waals surface area contributed by atoms with Gasteiger partial charge in [-0.1, -0.05) is 0 Å². The molecule has 0 bridgehead atoms. The van der Waals surface area contributed by atoms with Crippen molar-refractivity contribution in [1.29, 1.82) is 0 Å². The Morgan fingerprint density at radius 2 is 1.90 bits per heavy atom. The number of hydrogen-bond donors (Lipinski definition) is 0. The maximum absolute atomic E-state index is 11.9. The van der Waals surface area contributed by atoms with Crippen molar-refractivity contribution in [2.45, 2.75) is 19.1 Å². The third kappa shape index (κ3) is 1.42. The van der Waals surface area contributed by atoms with Crippen molar-refractivity contribution < 1.29 is 13.2 Å². The van der Waals surface area contributed by atoms with Gasteiger partial charge in [-0.25, -0.2) is 0 Å². The van der Waals surface area contributed by atoms with Crippen molar-refractivity contribution in [3.05, 3.63) is 6.42 Å². The summed E-state index contributed by atoms with van der Waals surface area (Å²) >= 11 is 0. The lowest BCUT2D eigenvalue weighted by Crippen LogP contribution is -2.50. The van der Waals surface area contributed by atoms with E-state index in [-0.39, 0.29) is 0 Å². The van der Waals surface area contributed by atoms with Crippen LogP contribution in [0.15, 0.2) is 0 Å². The summed E-state index contributed by atoms with van der Waals surface area (Å²) in [5, 5.41) is 0. The molecule has 1 atom stereocenters. The van der Waals surface area contributed by atoms with Gasteiger partial charge >= 0.3 is 6.18 Å². The van der Waals surface area contributed by atoms with Crippen molar-refractivity contribution in [3.8, 4) is 0 Å². The number of nitrogens with zero attached hydrogens (tertiary/aromatic N) is 1. The number of halogens is 3. The molecule has 59 valence electrons. The normalized spacial score (nSPS) is 24.0. The maximum atomic E-state index is 11.9. The second kappa shape index (κ2) is 2.42. The van der Waals surface area contributed by atoms with Crippen molar-refractivity contribution in [2.24, 2.45) is 0 Å². The minimum absolute atomic E-state index is 0.473. The summed E-state index contributed by atoms with van der Waals surface area (Å²) in [5.74, 6) is 0. The highest BCUT2D eigenvalue weighted by molar-refractivity contribution is 4.91. The minimum atomic E-state index is -4.06. The molecular formula is C6H9F3N. The molecule has 0 spiro atoms. The third-order valence-electron chi connectivity index (χ3n) is 1.75. The third-order valence-corrected chi connectivity index (χ3v) is 1.75. The van der Waals surface area contributed by atoms with E-state index in [2.05, 4.69) is 0 Å². The maximum Gasteiger partial charge on any atom is 0.403 e. The smallest absolute Gasteiger partial charge is 0.292 e. The lowest BCUT2D eigenvalue weighted by Gasteiger charge is -2.36. The molecule has 1 unspecified atom stereocenters. The first kappa shape index (κ1) is 7.85. The lowest BCUT2D eigenvalue weighted by molar-refractivity contribution is -0.182. The Morgan fingerprint density at radius 3 is 2.00 bits per heavy atom. The summed E-state index contributed by atoms with van der Waals surface area (Å²) in [5.41, 5.74) is 0. The van der Waals surface area contributed by atoms with Crippen LogP contribution in [0.25, 0.3) is 0 Å². The van der Waals surface area contributed by atoms with E-state index in [1.807, 2.05) is 6.42 Å². The fourth-order valence-corrected chi connectivity index (χ4v) is 0.801. The molecule has 0 amide bonds. The molecule has 4 heteroatoms. The van der Waals surface area contributed by atoms with Crippen molar-refractivity contribution in [2.75, 3.05) is 13.1 Å². The van der Waals surface area contributed by atoms with E-state index in [0.29, 0.717) is 13.1 Å². The number of hydrogen-bond acceptors (Lipinski definition) is 1. The number of likely N-dealkylation sites (tertiary alicyclic amines) is 1. The quantitative estimate of drug-likeness (QED) is 0.549. The standard InChI is InChI=1S/C6H9F3N/c1-5(6(7,8)9)10-3-2-4-10/h2,5H,3-4H2,1H3. The second-order valence-corrected chi connectivity index (χ2v) is 2.46. The molecule has 1 saturated heterocycles. The van der Waals surface area contributed by atoms with Gasteiger partial charge in [-0.3, -0.25) is 4.90 Å². The largest absolute Gasteiger partial charge is 0.403 e. The molecule has 0 aromatic carbocycles. The zero-order chi connectivity index (χ0) is 7.78. The molecular weight excluding hydrogens is 143 g/mol. The number of rotatable bonds is 1. The molecule has 0 aliphatic carbocycles. The zero-order valence-corrected chi connectivity index (χ0v) is 5.65. The first-order valence-corrected chi connectivity index (χ1v) is 3.14. The fourth-order valence-electron chi connectivity index (χ4n) is 0.801. The molecule has 0 saturated carbocycles. The number of alkyl halides is 3. The molecule has 1 aliphatic rings. The second-order valence-electron chi connectivity index (χ2n) is 2.46. The van der Waals surface area contributed by atoms with E-state index >= 15 is 0 Å². The van der Waals surface area contributed by atoms with Gasteiger partial charge in [-0.2, -0.15) is 13.2 Å². The van der Waals surface area contributed by atoms with Crippen LogP contribution >= 0.6 is 0 Å². The average Bonchev–Trinajstić information content (AvgIpc) is 1.57. The van der Waals surface area contributed by atoms with Crippen molar-refractivity contribution >= 4 is 0 Å². The Labute approximate surface area is 57.8 Å². The first-order chi connectivity index (χ1) is 4.52. The van der Waals surface area contributed by atoms with Gasteiger partial charge in [0, 0.05) is 13.1 Å². The Hall–Kier alpha value is -0.250. The topological polar surface area (TPSA) is 3.24 Å². The van der Waals surface area contributed by atoms with Crippen LogP contribution in [0.4, 0.5) is 13.2 Å². The van der Waals surface area contributed by atoms with Gasteiger partial charge < -0.3 is 0 Å². The Morgan fingerprint density at radius 1 is 1.40 bits per heavy atom. The van der Waals surface area contributed by atoms with Crippen LogP contribution in [0.2, 0.25) is 0 Å². The molecule has 10 heavy (non-hydrogen) atoms. The van der Waals surface area contributed by atoms with Gasteiger partial charge in [-0.15, -0.1) is 0 Å². The van der Waals surface area contributed by atoms with E-state index in [1.165, 1.54) is 11.8 Å². The summed E-state index contributed by atoms with van der Waals surface area (Å²) in [7, 11) is 0. The molecule has 0 aromatic heterocycles. The molecule has 0 N–H and O–H groups in total. The average molecular weight is 152 g/mol. The van der Waals surface area contributed by atoms with Gasteiger partial charge in [0.25, 0.3) is 0 Å². The molecule has 1 aliphatic heterocycles. The molecule has 1 radical (unpaired) electrons. The van der Waals surface area contributed by atoms with Gasteiger partial charge in [0.2, 0.25) is 0 Å². The highest BCUT2D eigenvalue weighted by Crippen LogP contribution is 2.26. The predicted molar refractivity (Wildman–Crippen MR) is 31.4 cm³/mol. The Bertz CT molecular complexity index is 117. The summed E-state index contributed by atoms with van der Waals surface area (Å²) in [6.45, 7) is 2.13. The van der Waals surface area contributed by atoms with Crippen LogP contribution in [0.1, 0.15) is 6.92 Å². The van der Waals surface area contributed by atoms with E-state index in [9.17, 15) is 13.2 Å².